The fourth-order valence-electron chi connectivity index (χ4n) is 2.84. The number of rotatable bonds is 5. The lowest BCUT2D eigenvalue weighted by Gasteiger charge is -2.21. The Morgan fingerprint density at radius 3 is 2.92 bits per heavy atom. The molecule has 3 aromatic rings. The van der Waals surface area contributed by atoms with Crippen LogP contribution in [-0.2, 0) is 0 Å². The van der Waals surface area contributed by atoms with E-state index in [9.17, 15) is 4.79 Å². The molecular weight excluding hydrogens is 328 g/mol. The molecule has 0 saturated heterocycles. The van der Waals surface area contributed by atoms with E-state index >= 15 is 0 Å². The number of hydrogen-bond donors (Lipinski definition) is 0. The van der Waals surface area contributed by atoms with E-state index in [0.717, 1.165) is 16.6 Å². The summed E-state index contributed by atoms with van der Waals surface area (Å²) in [6, 6.07) is 11.8. The van der Waals surface area contributed by atoms with Gasteiger partial charge in [-0.3, -0.25) is 9.78 Å². The second-order valence-electron chi connectivity index (χ2n) is 6.19. The van der Waals surface area contributed by atoms with Crippen LogP contribution in [0.4, 0.5) is 0 Å². The molecule has 2 aromatic heterocycles. The van der Waals surface area contributed by atoms with E-state index in [-0.39, 0.29) is 11.8 Å². The van der Waals surface area contributed by atoms with Gasteiger partial charge in [0.25, 0.3) is 5.91 Å². The number of pyridine rings is 1. The predicted molar refractivity (Wildman–Crippen MR) is 97.8 cm³/mol. The van der Waals surface area contributed by atoms with Crippen LogP contribution in [-0.4, -0.2) is 43.9 Å². The van der Waals surface area contributed by atoms with Gasteiger partial charge < -0.3 is 4.90 Å². The number of fused-ring (bicyclic) bond motifs is 1. The molecule has 1 amide bonds. The van der Waals surface area contributed by atoms with E-state index in [2.05, 4.69) is 21.4 Å². The van der Waals surface area contributed by atoms with Gasteiger partial charge in [-0.1, -0.05) is 11.3 Å². The highest BCUT2D eigenvalue weighted by molar-refractivity contribution is 5.93. The molecule has 0 aliphatic heterocycles. The Labute approximate surface area is 151 Å². The van der Waals surface area contributed by atoms with Gasteiger partial charge in [0.05, 0.1) is 28.9 Å². The van der Waals surface area contributed by atoms with Gasteiger partial charge >= 0.3 is 0 Å². The Kier molecular flexibility index (Phi) is 4.94. The molecule has 7 heteroatoms. The SMILES string of the molecule is CCN(C[C@@H](C)C#N)C(=O)c1nnn(-c2ccc3ncccc3c2)c1C. The molecule has 0 spiro atoms. The maximum absolute atomic E-state index is 12.8. The van der Waals surface area contributed by atoms with Gasteiger partial charge in [0.1, 0.15) is 0 Å². The monoisotopic (exact) mass is 348 g/mol. The molecule has 0 N–H and O–H groups in total. The third-order valence-electron chi connectivity index (χ3n) is 4.31. The summed E-state index contributed by atoms with van der Waals surface area (Å²) >= 11 is 0. The number of nitrogens with zero attached hydrogens (tertiary/aromatic N) is 6. The van der Waals surface area contributed by atoms with Crippen molar-refractivity contribution in [2.75, 3.05) is 13.1 Å². The van der Waals surface area contributed by atoms with E-state index in [0.29, 0.717) is 24.5 Å². The smallest absolute Gasteiger partial charge is 0.276 e. The highest BCUT2D eigenvalue weighted by Crippen LogP contribution is 2.19. The highest BCUT2D eigenvalue weighted by atomic mass is 16.2. The molecule has 0 saturated carbocycles. The first-order valence-corrected chi connectivity index (χ1v) is 8.51. The molecule has 0 unspecified atom stereocenters. The molecule has 132 valence electrons. The minimum atomic E-state index is -0.234. The Morgan fingerprint density at radius 1 is 1.38 bits per heavy atom. The van der Waals surface area contributed by atoms with Crippen LogP contribution in [0.5, 0.6) is 0 Å². The van der Waals surface area contributed by atoms with E-state index in [1.165, 1.54) is 0 Å². The summed E-state index contributed by atoms with van der Waals surface area (Å²) < 4.78 is 1.65. The summed E-state index contributed by atoms with van der Waals surface area (Å²) in [4.78, 5) is 18.7. The van der Waals surface area contributed by atoms with Crippen molar-refractivity contribution in [3.63, 3.8) is 0 Å². The maximum Gasteiger partial charge on any atom is 0.276 e. The highest BCUT2D eigenvalue weighted by Gasteiger charge is 2.23. The minimum absolute atomic E-state index is 0.208. The topological polar surface area (TPSA) is 87.7 Å². The zero-order valence-electron chi connectivity index (χ0n) is 15.0. The number of aromatic nitrogens is 4. The molecular formula is C19H20N6O. The second kappa shape index (κ2) is 7.31. The minimum Gasteiger partial charge on any atom is -0.336 e. The van der Waals surface area contributed by atoms with Crippen molar-refractivity contribution < 1.29 is 4.79 Å². The molecule has 0 radical (unpaired) electrons. The molecule has 3 rings (SSSR count). The van der Waals surface area contributed by atoms with Crippen molar-refractivity contribution in [3.8, 4) is 11.8 Å². The quantitative estimate of drug-likeness (QED) is 0.707. The van der Waals surface area contributed by atoms with E-state index in [1.54, 1.807) is 22.7 Å². The van der Waals surface area contributed by atoms with E-state index in [4.69, 9.17) is 5.26 Å². The standard InChI is InChI=1S/C19H20N6O/c1-4-24(12-13(2)11-20)19(26)18-14(3)25(23-22-18)16-7-8-17-15(10-16)6-5-9-21-17/h5-10,13H,4,12H2,1-3H3/t13-/m0/s1. The Morgan fingerprint density at radius 2 is 2.19 bits per heavy atom. The lowest BCUT2D eigenvalue weighted by atomic mass is 10.1. The molecule has 0 aliphatic rings. The van der Waals surface area contributed by atoms with Gasteiger partial charge in [-0.25, -0.2) is 4.68 Å². The lowest BCUT2D eigenvalue weighted by Crippen LogP contribution is -2.35. The molecule has 7 nitrogen and oxygen atoms in total. The van der Waals surface area contributed by atoms with Crippen LogP contribution in [0.3, 0.4) is 0 Å². The van der Waals surface area contributed by atoms with Crippen molar-refractivity contribution in [2.24, 2.45) is 5.92 Å². The summed E-state index contributed by atoms with van der Waals surface area (Å²) in [6.07, 6.45) is 1.75. The third kappa shape index (κ3) is 3.26. The average Bonchev–Trinajstić information content (AvgIpc) is 3.06. The van der Waals surface area contributed by atoms with Gasteiger partial charge in [0.15, 0.2) is 5.69 Å². The molecule has 26 heavy (non-hydrogen) atoms. The first-order chi connectivity index (χ1) is 12.5. The fourth-order valence-corrected chi connectivity index (χ4v) is 2.84. The van der Waals surface area contributed by atoms with Gasteiger partial charge in [-0.15, -0.1) is 5.10 Å². The normalized spacial score (nSPS) is 11.9. The van der Waals surface area contributed by atoms with Gasteiger partial charge in [0, 0.05) is 24.7 Å². The van der Waals surface area contributed by atoms with Crippen molar-refractivity contribution in [3.05, 3.63) is 47.9 Å². The van der Waals surface area contributed by atoms with Gasteiger partial charge in [0.2, 0.25) is 0 Å². The van der Waals surface area contributed by atoms with Gasteiger partial charge in [-0.2, -0.15) is 5.26 Å². The summed E-state index contributed by atoms with van der Waals surface area (Å²) in [5.41, 5.74) is 2.69. The summed E-state index contributed by atoms with van der Waals surface area (Å²) in [6.45, 7) is 6.39. The van der Waals surface area contributed by atoms with Crippen LogP contribution in [0.2, 0.25) is 0 Å². The molecule has 2 heterocycles. The number of carbonyl (C=O) groups excluding carboxylic acids is 1. The summed E-state index contributed by atoms with van der Waals surface area (Å²) in [5.74, 6) is -0.442. The number of amides is 1. The largest absolute Gasteiger partial charge is 0.336 e. The van der Waals surface area contributed by atoms with E-state index < -0.39 is 0 Å². The molecule has 1 aromatic carbocycles. The number of carbonyl (C=O) groups is 1. The molecule has 0 aliphatic carbocycles. The Hall–Kier alpha value is -3.27. The van der Waals surface area contributed by atoms with Crippen molar-refractivity contribution in [2.45, 2.75) is 20.8 Å². The van der Waals surface area contributed by atoms with Crippen LogP contribution >= 0.6 is 0 Å². The molecule has 0 bridgehead atoms. The van der Waals surface area contributed by atoms with E-state index in [1.807, 2.05) is 44.2 Å². The zero-order chi connectivity index (χ0) is 18.7. The number of benzene rings is 1. The summed E-state index contributed by atoms with van der Waals surface area (Å²) in [5, 5.41) is 18.3. The third-order valence-corrected chi connectivity index (χ3v) is 4.31. The van der Waals surface area contributed by atoms with Crippen LogP contribution in [0, 0.1) is 24.2 Å². The van der Waals surface area contributed by atoms with Crippen LogP contribution in [0.15, 0.2) is 36.5 Å². The fraction of sp³-hybridized carbons (Fsp3) is 0.316. The van der Waals surface area contributed by atoms with Crippen LogP contribution in [0.1, 0.15) is 30.0 Å². The molecule has 0 fully saturated rings. The Bertz CT molecular complexity index is 987. The first-order valence-electron chi connectivity index (χ1n) is 8.51. The predicted octanol–water partition coefficient (Wildman–Crippen LogP) is 2.75. The van der Waals surface area contributed by atoms with Crippen molar-refractivity contribution in [1.82, 2.24) is 24.9 Å². The second-order valence-corrected chi connectivity index (χ2v) is 6.19. The first kappa shape index (κ1) is 17.5. The van der Waals surface area contributed by atoms with Crippen LogP contribution < -0.4 is 0 Å². The number of nitriles is 1. The molecule has 1 atom stereocenters. The van der Waals surface area contributed by atoms with Crippen molar-refractivity contribution >= 4 is 16.8 Å². The summed E-state index contributed by atoms with van der Waals surface area (Å²) in [7, 11) is 0. The average molecular weight is 348 g/mol. The van der Waals surface area contributed by atoms with Crippen LogP contribution in [0.25, 0.3) is 16.6 Å². The van der Waals surface area contributed by atoms with Crippen molar-refractivity contribution in [1.29, 1.82) is 5.26 Å². The lowest BCUT2D eigenvalue weighted by molar-refractivity contribution is 0.0746. The maximum atomic E-state index is 12.8. The van der Waals surface area contributed by atoms with Gasteiger partial charge in [-0.05, 0) is 45.0 Å². The zero-order valence-corrected chi connectivity index (χ0v) is 15.0. The number of hydrogen-bond acceptors (Lipinski definition) is 5. The Balaban J connectivity index is 1.93.